The van der Waals surface area contributed by atoms with E-state index < -0.39 is 47.6 Å². The molecular formula is C39H54N8O7. The van der Waals surface area contributed by atoms with E-state index in [1.54, 1.807) is 24.3 Å². The number of para-hydroxylation sites is 1. The Morgan fingerprint density at radius 1 is 0.907 bits per heavy atom. The van der Waals surface area contributed by atoms with E-state index in [1.165, 1.54) is 9.13 Å². The van der Waals surface area contributed by atoms with Gasteiger partial charge in [0.25, 0.3) is 5.56 Å². The highest BCUT2D eigenvalue weighted by Gasteiger charge is 2.25. The Bertz CT molecular complexity index is 1970. The first kappa shape index (κ1) is 41.6. The highest BCUT2D eigenvalue weighted by atomic mass is 16.4. The lowest BCUT2D eigenvalue weighted by atomic mass is 10.1. The Morgan fingerprint density at radius 2 is 1.65 bits per heavy atom. The Balaban J connectivity index is 1.66. The van der Waals surface area contributed by atoms with Crippen LogP contribution in [0.3, 0.4) is 0 Å². The second-order valence-corrected chi connectivity index (χ2v) is 13.4. The van der Waals surface area contributed by atoms with Gasteiger partial charge < -0.3 is 36.5 Å². The lowest BCUT2D eigenvalue weighted by Crippen LogP contribution is -2.45. The summed E-state index contributed by atoms with van der Waals surface area (Å²) in [6, 6.07) is 15.4. The fourth-order valence-corrected chi connectivity index (χ4v) is 6.29. The number of aliphatic hydroxyl groups excluding tert-OH is 1. The number of imidazole rings is 1. The summed E-state index contributed by atoms with van der Waals surface area (Å²) in [5.41, 5.74) is 7.21. The van der Waals surface area contributed by atoms with E-state index in [9.17, 15) is 34.2 Å². The molecule has 2 amide bonds. The summed E-state index contributed by atoms with van der Waals surface area (Å²) in [6.45, 7) is 5.87. The van der Waals surface area contributed by atoms with Gasteiger partial charge in [-0.15, -0.1) is 0 Å². The molecule has 0 aliphatic carbocycles. The minimum absolute atomic E-state index is 0.118. The third kappa shape index (κ3) is 11.4. The van der Waals surface area contributed by atoms with Gasteiger partial charge >= 0.3 is 11.7 Å². The van der Waals surface area contributed by atoms with Crippen molar-refractivity contribution in [2.24, 2.45) is 5.73 Å². The number of nitrogens with two attached hydrogens (primary N) is 1. The van der Waals surface area contributed by atoms with E-state index in [4.69, 9.17) is 10.7 Å². The number of carboxylic acids is 1. The number of carbonyl (C=O) groups is 3. The lowest BCUT2D eigenvalue weighted by molar-refractivity contribution is -0.139. The molecular weight excluding hydrogens is 692 g/mol. The molecule has 15 nitrogen and oxygen atoms in total. The molecule has 15 heteroatoms. The van der Waals surface area contributed by atoms with E-state index in [2.05, 4.69) is 16.0 Å². The van der Waals surface area contributed by atoms with Crippen molar-refractivity contribution in [1.29, 1.82) is 0 Å². The zero-order chi connectivity index (χ0) is 39.0. The van der Waals surface area contributed by atoms with Crippen LogP contribution in [0.5, 0.6) is 0 Å². The number of hydrogen-bond acceptors (Lipinski definition) is 9. The fourth-order valence-electron chi connectivity index (χ4n) is 6.29. The van der Waals surface area contributed by atoms with Crippen LogP contribution in [-0.2, 0) is 46.9 Å². The maximum absolute atomic E-state index is 14.0. The summed E-state index contributed by atoms with van der Waals surface area (Å²) in [4.78, 5) is 70.5. The number of nitrogens with zero attached hydrogens (tertiary/aromatic N) is 4. The molecule has 0 bridgehead atoms. The van der Waals surface area contributed by atoms with E-state index in [1.807, 2.05) is 48.7 Å². The second-order valence-electron chi connectivity index (χ2n) is 13.4. The number of carbonyl (C=O) groups excluding carboxylic acids is 2. The number of nitrogens with one attached hydrogen (secondary N) is 3. The number of unbranched alkanes of at least 4 members (excludes halogenated alkanes) is 2. The number of carboxylic acid groups (broad SMARTS) is 1. The number of anilines is 1. The smallest absolute Gasteiger partial charge is 0.332 e. The first-order valence-corrected chi connectivity index (χ1v) is 18.8. The van der Waals surface area contributed by atoms with Crippen LogP contribution in [-0.4, -0.2) is 78.5 Å². The molecule has 2 heterocycles. The SMILES string of the molecule is CCCn1c(=O)c2c(nc(Cc3ccccc3)n2CCNCC(O)CC)n(CCc2ccccc2NC(=O)C(CC(=O)O)NC(=O)CCCCCN)c1=O. The highest BCUT2D eigenvalue weighted by Crippen LogP contribution is 2.20. The molecule has 2 aromatic heterocycles. The van der Waals surface area contributed by atoms with Gasteiger partial charge in [0.05, 0.1) is 12.5 Å². The van der Waals surface area contributed by atoms with Gasteiger partial charge in [0.2, 0.25) is 11.8 Å². The quantitative estimate of drug-likeness (QED) is 0.0610. The molecule has 0 saturated carbocycles. The largest absolute Gasteiger partial charge is 0.481 e. The molecule has 4 aromatic rings. The maximum atomic E-state index is 14.0. The molecule has 292 valence electrons. The molecule has 7 N–H and O–H groups in total. The summed E-state index contributed by atoms with van der Waals surface area (Å²) in [6.07, 6.45) is 2.96. The van der Waals surface area contributed by atoms with Gasteiger partial charge in [0, 0.05) is 51.3 Å². The van der Waals surface area contributed by atoms with E-state index >= 15 is 0 Å². The van der Waals surface area contributed by atoms with Gasteiger partial charge in [0.15, 0.2) is 11.2 Å². The van der Waals surface area contributed by atoms with Gasteiger partial charge in [-0.25, -0.2) is 9.78 Å². The number of fused-ring (bicyclic) bond motifs is 1. The van der Waals surface area contributed by atoms with Crippen LogP contribution in [0.4, 0.5) is 5.69 Å². The predicted octanol–water partition coefficient (Wildman–Crippen LogP) is 2.38. The average molecular weight is 747 g/mol. The molecule has 0 radical (unpaired) electrons. The third-order valence-corrected chi connectivity index (χ3v) is 9.23. The lowest BCUT2D eigenvalue weighted by Gasteiger charge is -2.19. The van der Waals surface area contributed by atoms with Crippen LogP contribution in [0.15, 0.2) is 64.2 Å². The first-order chi connectivity index (χ1) is 26.1. The Labute approximate surface area is 314 Å². The average Bonchev–Trinajstić information content (AvgIpc) is 3.51. The van der Waals surface area contributed by atoms with Crippen molar-refractivity contribution in [3.8, 4) is 0 Å². The Hall–Kier alpha value is -5.12. The zero-order valence-corrected chi connectivity index (χ0v) is 31.3. The summed E-state index contributed by atoms with van der Waals surface area (Å²) >= 11 is 0. The van der Waals surface area contributed by atoms with Gasteiger partial charge in [-0.3, -0.25) is 28.3 Å². The summed E-state index contributed by atoms with van der Waals surface area (Å²) < 4.78 is 4.60. The molecule has 2 unspecified atom stereocenters. The van der Waals surface area contributed by atoms with E-state index in [0.717, 1.165) is 18.4 Å². The Kier molecular flexibility index (Phi) is 16.1. The zero-order valence-electron chi connectivity index (χ0n) is 31.3. The molecule has 0 saturated heterocycles. The molecule has 0 spiro atoms. The number of aryl methyl sites for hydroxylation is 2. The number of amides is 2. The number of aliphatic hydroxyl groups is 1. The van der Waals surface area contributed by atoms with Crippen molar-refractivity contribution < 1.29 is 24.6 Å². The van der Waals surface area contributed by atoms with E-state index in [-0.39, 0.29) is 31.6 Å². The maximum Gasteiger partial charge on any atom is 0.332 e. The van der Waals surface area contributed by atoms with Gasteiger partial charge in [0.1, 0.15) is 11.9 Å². The predicted molar refractivity (Wildman–Crippen MR) is 207 cm³/mol. The summed E-state index contributed by atoms with van der Waals surface area (Å²) in [5, 5.41) is 28.2. The van der Waals surface area contributed by atoms with Crippen molar-refractivity contribution in [1.82, 2.24) is 29.3 Å². The number of aliphatic carboxylic acids is 1. The normalized spacial score (nSPS) is 12.4. The molecule has 2 atom stereocenters. The molecule has 4 rings (SSSR count). The second kappa shape index (κ2) is 20.9. The molecule has 0 aliphatic rings. The van der Waals surface area contributed by atoms with Gasteiger partial charge in [-0.1, -0.05) is 68.8 Å². The summed E-state index contributed by atoms with van der Waals surface area (Å²) in [7, 11) is 0. The van der Waals surface area contributed by atoms with Crippen molar-refractivity contribution >= 4 is 34.6 Å². The van der Waals surface area contributed by atoms with Crippen LogP contribution < -0.4 is 32.9 Å². The van der Waals surface area contributed by atoms with Crippen molar-refractivity contribution in [3.63, 3.8) is 0 Å². The first-order valence-electron chi connectivity index (χ1n) is 18.8. The Morgan fingerprint density at radius 3 is 2.35 bits per heavy atom. The van der Waals surface area contributed by atoms with Crippen LogP contribution in [0.1, 0.15) is 75.7 Å². The number of hydrogen-bond donors (Lipinski definition) is 6. The monoisotopic (exact) mass is 746 g/mol. The van der Waals surface area contributed by atoms with Crippen molar-refractivity contribution in [3.05, 3.63) is 92.4 Å². The molecule has 54 heavy (non-hydrogen) atoms. The molecule has 0 fully saturated rings. The minimum Gasteiger partial charge on any atom is -0.481 e. The minimum atomic E-state index is -1.30. The number of rotatable bonds is 23. The third-order valence-electron chi connectivity index (χ3n) is 9.23. The highest BCUT2D eigenvalue weighted by molar-refractivity contribution is 5.99. The summed E-state index contributed by atoms with van der Waals surface area (Å²) in [5.74, 6) is -1.72. The standard InChI is InChI=1S/C39H54N8O7/c1-3-21-47-38(53)35-36(44-32(24-27-13-7-5-8-14-27)45(35)23-20-41-26-29(48)4-2)46(39(47)54)22-18-28-15-10-11-16-30(28)43-37(52)31(25-34(50)51)42-33(49)17-9-6-12-19-40/h5,7-8,10-11,13-16,29,31,41,48H,3-4,6,9,12,17-26,40H2,1-2H3,(H,42,49)(H,43,52)(H,50,51). The number of aromatic nitrogens is 4. The van der Waals surface area contributed by atoms with E-state index in [0.29, 0.717) is 74.5 Å². The topological polar surface area (TPSA) is 216 Å². The van der Waals surface area contributed by atoms with Crippen molar-refractivity contribution in [2.75, 3.05) is 25.0 Å². The van der Waals surface area contributed by atoms with Crippen LogP contribution in [0, 0.1) is 0 Å². The molecule has 2 aromatic carbocycles. The van der Waals surface area contributed by atoms with Crippen LogP contribution >= 0.6 is 0 Å². The van der Waals surface area contributed by atoms with Gasteiger partial charge in [-0.05, 0) is 55.8 Å². The van der Waals surface area contributed by atoms with Crippen molar-refractivity contribution in [2.45, 2.75) is 103 Å². The fraction of sp³-hybridized carbons (Fsp3) is 0.487. The van der Waals surface area contributed by atoms with Crippen LogP contribution in [0.2, 0.25) is 0 Å². The van der Waals surface area contributed by atoms with Gasteiger partial charge in [-0.2, -0.15) is 0 Å². The molecule has 0 aliphatic heterocycles. The van der Waals surface area contributed by atoms with Crippen LogP contribution in [0.25, 0.3) is 11.2 Å². The number of benzene rings is 2.